The van der Waals surface area contributed by atoms with Crippen LogP contribution in [0.4, 0.5) is 4.79 Å². The van der Waals surface area contributed by atoms with Crippen LogP contribution >= 0.6 is 11.6 Å². The smallest absolute Gasteiger partial charge is 0.337 e. The van der Waals surface area contributed by atoms with Crippen molar-refractivity contribution in [3.05, 3.63) is 76.0 Å². The molecule has 152 valence electrons. The van der Waals surface area contributed by atoms with Gasteiger partial charge in [0.05, 0.1) is 18.7 Å². The Hall–Kier alpha value is -2.99. The second-order valence-electron chi connectivity index (χ2n) is 6.58. The fourth-order valence-corrected chi connectivity index (χ4v) is 3.46. The third-order valence-corrected chi connectivity index (χ3v) is 5.00. The molecule has 0 saturated carbocycles. The second kappa shape index (κ2) is 9.47. The van der Waals surface area contributed by atoms with Crippen molar-refractivity contribution in [1.82, 2.24) is 10.6 Å². The number of rotatable bonds is 7. The minimum absolute atomic E-state index is 0.259. The fourth-order valence-electron chi connectivity index (χ4n) is 3.27. The van der Waals surface area contributed by atoms with Crippen LogP contribution in [-0.2, 0) is 16.1 Å². The first kappa shape index (κ1) is 20.7. The highest BCUT2D eigenvalue weighted by molar-refractivity contribution is 6.31. The summed E-state index contributed by atoms with van der Waals surface area (Å²) in [5, 5.41) is 6.17. The van der Waals surface area contributed by atoms with E-state index in [1.54, 1.807) is 12.1 Å². The van der Waals surface area contributed by atoms with Gasteiger partial charge in [0.25, 0.3) is 0 Å². The number of ether oxygens (including phenoxy) is 2. The Morgan fingerprint density at radius 3 is 2.59 bits per heavy atom. The number of esters is 1. The van der Waals surface area contributed by atoms with Crippen molar-refractivity contribution >= 4 is 23.6 Å². The molecule has 1 aliphatic heterocycles. The molecule has 0 bridgehead atoms. The molecule has 3 rings (SSSR count). The zero-order chi connectivity index (χ0) is 20.8. The van der Waals surface area contributed by atoms with Gasteiger partial charge in [-0.25, -0.2) is 9.59 Å². The molecule has 7 heteroatoms. The van der Waals surface area contributed by atoms with E-state index < -0.39 is 12.0 Å². The van der Waals surface area contributed by atoms with Crippen LogP contribution in [-0.4, -0.2) is 19.1 Å². The summed E-state index contributed by atoms with van der Waals surface area (Å²) in [5.74, 6) is 0.0590. The molecule has 0 spiro atoms. The van der Waals surface area contributed by atoms with E-state index in [9.17, 15) is 9.59 Å². The first-order chi connectivity index (χ1) is 14.0. The Kier molecular flexibility index (Phi) is 6.77. The van der Waals surface area contributed by atoms with Crippen molar-refractivity contribution < 1.29 is 19.1 Å². The summed E-state index contributed by atoms with van der Waals surface area (Å²) in [6, 6.07) is 13.7. The highest BCUT2D eigenvalue weighted by Crippen LogP contribution is 2.35. The topological polar surface area (TPSA) is 76.7 Å². The molecule has 1 atom stereocenters. The van der Waals surface area contributed by atoms with Crippen LogP contribution in [0.25, 0.3) is 0 Å². The number of carbonyl (C=O) groups is 2. The lowest BCUT2D eigenvalue weighted by atomic mass is 9.93. The molecule has 0 fully saturated rings. The van der Waals surface area contributed by atoms with Crippen LogP contribution in [0, 0.1) is 0 Å². The van der Waals surface area contributed by atoms with E-state index in [0.717, 1.165) is 12.0 Å². The number of halogens is 1. The standard InChI is InChI=1S/C22H23ClN2O4/c1-3-8-17-19(21(26)28-2)20(25-22(27)24-17)15-10-5-7-12-18(15)29-13-14-9-4-6-11-16(14)23/h4-7,9-12,20H,3,8,13H2,1-2H3,(H2,24,25,27). The minimum Gasteiger partial charge on any atom is -0.488 e. The molecule has 1 unspecified atom stereocenters. The summed E-state index contributed by atoms with van der Waals surface area (Å²) in [6.45, 7) is 2.24. The molecular weight excluding hydrogens is 392 g/mol. The summed E-state index contributed by atoms with van der Waals surface area (Å²) < 4.78 is 11.0. The van der Waals surface area contributed by atoms with Gasteiger partial charge in [0, 0.05) is 21.8 Å². The Labute approximate surface area is 174 Å². The number of hydrogen-bond acceptors (Lipinski definition) is 4. The normalized spacial score (nSPS) is 16.1. The van der Waals surface area contributed by atoms with Gasteiger partial charge in [-0.15, -0.1) is 0 Å². The molecule has 2 aromatic rings. The monoisotopic (exact) mass is 414 g/mol. The molecule has 2 N–H and O–H groups in total. The van der Waals surface area contributed by atoms with Crippen molar-refractivity contribution in [2.45, 2.75) is 32.4 Å². The van der Waals surface area contributed by atoms with E-state index in [-0.39, 0.29) is 12.6 Å². The molecule has 2 amide bonds. The number of nitrogens with one attached hydrogen (secondary N) is 2. The third-order valence-electron chi connectivity index (χ3n) is 4.63. The van der Waals surface area contributed by atoms with E-state index in [4.69, 9.17) is 21.1 Å². The van der Waals surface area contributed by atoms with E-state index in [2.05, 4.69) is 10.6 Å². The van der Waals surface area contributed by atoms with Crippen LogP contribution < -0.4 is 15.4 Å². The van der Waals surface area contributed by atoms with E-state index in [1.807, 2.05) is 43.3 Å². The Morgan fingerprint density at radius 1 is 1.14 bits per heavy atom. The predicted octanol–water partition coefficient (Wildman–Crippen LogP) is 4.50. The Bertz CT molecular complexity index is 942. The number of amides is 2. The van der Waals surface area contributed by atoms with Crippen molar-refractivity contribution in [1.29, 1.82) is 0 Å². The zero-order valence-corrected chi connectivity index (χ0v) is 17.1. The van der Waals surface area contributed by atoms with Gasteiger partial charge in [0.2, 0.25) is 0 Å². The van der Waals surface area contributed by atoms with Gasteiger partial charge in [-0.1, -0.05) is 61.3 Å². The molecule has 1 aliphatic rings. The molecule has 29 heavy (non-hydrogen) atoms. The van der Waals surface area contributed by atoms with Crippen LogP contribution in [0.15, 0.2) is 59.8 Å². The maximum Gasteiger partial charge on any atom is 0.337 e. The lowest BCUT2D eigenvalue weighted by Crippen LogP contribution is -2.46. The van der Waals surface area contributed by atoms with Gasteiger partial charge in [-0.3, -0.25) is 0 Å². The molecule has 0 saturated heterocycles. The van der Waals surface area contributed by atoms with Crippen molar-refractivity contribution in [3.8, 4) is 5.75 Å². The second-order valence-corrected chi connectivity index (χ2v) is 6.99. The summed E-state index contributed by atoms with van der Waals surface area (Å²) in [4.78, 5) is 24.8. The summed E-state index contributed by atoms with van der Waals surface area (Å²) in [5.41, 5.74) is 2.45. The third kappa shape index (κ3) is 4.71. The van der Waals surface area contributed by atoms with Gasteiger partial charge in [0.15, 0.2) is 0 Å². The van der Waals surface area contributed by atoms with E-state index in [1.165, 1.54) is 7.11 Å². The number of methoxy groups -OCH3 is 1. The maximum absolute atomic E-state index is 12.5. The lowest BCUT2D eigenvalue weighted by molar-refractivity contribution is -0.136. The first-order valence-electron chi connectivity index (χ1n) is 9.39. The predicted molar refractivity (Wildman–Crippen MR) is 111 cm³/mol. The Morgan fingerprint density at radius 2 is 1.86 bits per heavy atom. The van der Waals surface area contributed by atoms with Gasteiger partial charge in [-0.2, -0.15) is 0 Å². The van der Waals surface area contributed by atoms with Crippen molar-refractivity contribution in [3.63, 3.8) is 0 Å². The van der Waals surface area contributed by atoms with Gasteiger partial charge in [0.1, 0.15) is 12.4 Å². The van der Waals surface area contributed by atoms with Crippen LogP contribution in [0.3, 0.4) is 0 Å². The summed E-state index contributed by atoms with van der Waals surface area (Å²) >= 11 is 6.22. The fraction of sp³-hybridized carbons (Fsp3) is 0.273. The van der Waals surface area contributed by atoms with Crippen molar-refractivity contribution in [2.24, 2.45) is 0 Å². The van der Waals surface area contributed by atoms with Crippen LogP contribution in [0.1, 0.15) is 36.9 Å². The lowest BCUT2D eigenvalue weighted by Gasteiger charge is -2.30. The summed E-state index contributed by atoms with van der Waals surface area (Å²) in [6.07, 6.45) is 1.32. The quantitative estimate of drug-likeness (QED) is 0.654. The highest BCUT2D eigenvalue weighted by Gasteiger charge is 2.34. The van der Waals surface area contributed by atoms with Gasteiger partial charge in [-0.05, 0) is 18.6 Å². The molecule has 0 aromatic heterocycles. The maximum atomic E-state index is 12.5. The molecule has 6 nitrogen and oxygen atoms in total. The number of carbonyl (C=O) groups excluding carboxylic acids is 2. The van der Waals surface area contributed by atoms with E-state index >= 15 is 0 Å². The average molecular weight is 415 g/mol. The SMILES string of the molecule is CCCC1=C(C(=O)OC)C(c2ccccc2OCc2ccccc2Cl)NC(=O)N1. The number of urea groups is 1. The number of para-hydroxylation sites is 1. The van der Waals surface area contributed by atoms with Gasteiger partial charge < -0.3 is 20.1 Å². The molecule has 0 aliphatic carbocycles. The highest BCUT2D eigenvalue weighted by atomic mass is 35.5. The average Bonchev–Trinajstić information content (AvgIpc) is 2.73. The summed E-state index contributed by atoms with van der Waals surface area (Å²) in [7, 11) is 1.33. The number of benzene rings is 2. The molecule has 0 radical (unpaired) electrons. The van der Waals surface area contributed by atoms with Gasteiger partial charge >= 0.3 is 12.0 Å². The largest absolute Gasteiger partial charge is 0.488 e. The van der Waals surface area contributed by atoms with Crippen molar-refractivity contribution in [2.75, 3.05) is 7.11 Å². The molecular formula is C22H23ClN2O4. The van der Waals surface area contributed by atoms with E-state index in [0.29, 0.717) is 34.0 Å². The van der Waals surface area contributed by atoms with Crippen LogP contribution in [0.5, 0.6) is 5.75 Å². The molecule has 1 heterocycles. The molecule has 2 aromatic carbocycles. The first-order valence-corrected chi connectivity index (χ1v) is 9.77. The van der Waals surface area contributed by atoms with Crippen LogP contribution in [0.2, 0.25) is 5.02 Å². The Balaban J connectivity index is 1.98. The minimum atomic E-state index is -0.680. The number of hydrogen-bond donors (Lipinski definition) is 2. The zero-order valence-electron chi connectivity index (χ0n) is 16.3. The number of allylic oxidation sites excluding steroid dienone is 1.